The lowest BCUT2D eigenvalue weighted by Gasteiger charge is -2.31. The van der Waals surface area contributed by atoms with Gasteiger partial charge in [0, 0.05) is 0 Å². The van der Waals surface area contributed by atoms with Crippen LogP contribution >= 0.6 is 15.6 Å². The molecule has 126 valence electrons. The molecular weight excluding hydrogens is 342 g/mol. The van der Waals surface area contributed by atoms with Crippen molar-refractivity contribution in [3.8, 4) is 0 Å². The number of carboxylic acids is 1. The van der Waals surface area contributed by atoms with E-state index in [1.54, 1.807) is 0 Å². The Hall–Kier alpha value is -0.430. The van der Waals surface area contributed by atoms with E-state index in [-0.39, 0.29) is 0 Å². The quantitative estimate of drug-likeness (QED) is 0.190. The maximum Gasteiger partial charge on any atom is 0.469 e. The number of aliphatic hydroxyl groups is 3. The van der Waals surface area contributed by atoms with Gasteiger partial charge < -0.3 is 40.0 Å². The minimum atomic E-state index is -5.19. The summed E-state index contributed by atoms with van der Waals surface area (Å²) in [6, 6.07) is 0. The van der Waals surface area contributed by atoms with Crippen molar-refractivity contribution in [3.05, 3.63) is 0 Å². The van der Waals surface area contributed by atoms with Crippen molar-refractivity contribution < 1.29 is 63.0 Å². The Morgan fingerprint density at radius 3 is 1.81 bits per heavy atom. The first-order valence-electron chi connectivity index (χ1n) is 4.91. The molecule has 0 aliphatic heterocycles. The molecule has 0 aliphatic carbocycles. The lowest BCUT2D eigenvalue weighted by Crippen LogP contribution is -2.58. The summed E-state index contributed by atoms with van der Waals surface area (Å²) in [5, 5.41) is 37.1. The number of phosphoric ester groups is 2. The first kappa shape index (κ1) is 20.6. The highest BCUT2D eigenvalue weighted by molar-refractivity contribution is 7.46. The van der Waals surface area contributed by atoms with Crippen LogP contribution < -0.4 is 0 Å². The van der Waals surface area contributed by atoms with Crippen molar-refractivity contribution in [1.82, 2.24) is 0 Å². The topological polar surface area (TPSA) is 232 Å². The highest BCUT2D eigenvalue weighted by atomic mass is 31.2. The Balaban J connectivity index is 4.97. The Labute approximate surface area is 116 Å². The summed E-state index contributed by atoms with van der Waals surface area (Å²) in [5.41, 5.74) is -3.36. The number of aliphatic carboxylic acids is 1. The molecule has 0 unspecified atom stereocenters. The fourth-order valence-corrected chi connectivity index (χ4v) is 1.75. The van der Waals surface area contributed by atoms with Crippen LogP contribution in [0.15, 0.2) is 0 Å². The third-order valence-corrected chi connectivity index (χ3v) is 3.04. The lowest BCUT2D eigenvalue weighted by atomic mass is 9.94. The summed E-state index contributed by atoms with van der Waals surface area (Å²) >= 11 is 0. The van der Waals surface area contributed by atoms with Gasteiger partial charge in [0.2, 0.25) is 5.60 Å². The van der Waals surface area contributed by atoms with Crippen LogP contribution in [-0.2, 0) is 23.0 Å². The van der Waals surface area contributed by atoms with Crippen LogP contribution in [0.25, 0.3) is 0 Å². The first-order valence-corrected chi connectivity index (χ1v) is 7.97. The molecule has 0 aliphatic rings. The Bertz CT molecular complexity index is 452. The first-order chi connectivity index (χ1) is 9.19. The molecule has 0 bridgehead atoms. The van der Waals surface area contributed by atoms with Gasteiger partial charge in [0.15, 0.2) is 0 Å². The molecule has 0 saturated carbocycles. The second-order valence-electron chi connectivity index (χ2n) is 3.79. The minimum Gasteiger partial charge on any atom is -0.479 e. The summed E-state index contributed by atoms with van der Waals surface area (Å²) in [4.78, 5) is 44.4. The number of carboxylic acid groups (broad SMARTS) is 1. The number of hydrogen-bond acceptors (Lipinski definition) is 8. The van der Waals surface area contributed by atoms with Gasteiger partial charge in [-0.15, -0.1) is 0 Å². The number of phosphoric acid groups is 2. The van der Waals surface area contributed by atoms with Gasteiger partial charge in [-0.3, -0.25) is 9.05 Å². The van der Waals surface area contributed by atoms with Gasteiger partial charge in [-0.1, -0.05) is 0 Å². The van der Waals surface area contributed by atoms with E-state index in [9.17, 15) is 29.2 Å². The van der Waals surface area contributed by atoms with Crippen molar-refractivity contribution in [3.63, 3.8) is 0 Å². The van der Waals surface area contributed by atoms with Crippen molar-refractivity contribution in [2.75, 3.05) is 13.2 Å². The monoisotopic (exact) mass is 356 g/mol. The number of rotatable bonds is 9. The lowest BCUT2D eigenvalue weighted by molar-refractivity contribution is -0.190. The van der Waals surface area contributed by atoms with E-state index in [4.69, 9.17) is 24.7 Å². The molecule has 0 aromatic rings. The van der Waals surface area contributed by atoms with Crippen LogP contribution in [0.5, 0.6) is 0 Å². The summed E-state index contributed by atoms with van der Waals surface area (Å²) in [7, 11) is -10.2. The highest BCUT2D eigenvalue weighted by Gasteiger charge is 2.49. The van der Waals surface area contributed by atoms with Gasteiger partial charge in [-0.2, -0.15) is 0 Å². The molecular formula is C6H14O13P2. The molecule has 0 aromatic heterocycles. The van der Waals surface area contributed by atoms with E-state index in [2.05, 4.69) is 9.05 Å². The molecule has 0 amide bonds. The van der Waals surface area contributed by atoms with Crippen molar-refractivity contribution in [2.45, 2.75) is 17.8 Å². The third kappa shape index (κ3) is 7.40. The fourth-order valence-electron chi connectivity index (χ4n) is 1.04. The molecule has 0 saturated heterocycles. The molecule has 0 rings (SSSR count). The molecule has 0 aromatic carbocycles. The molecule has 0 fully saturated rings. The summed E-state index contributed by atoms with van der Waals surface area (Å²) in [6.07, 6.45) is -4.94. The average Bonchev–Trinajstić information content (AvgIpc) is 2.29. The molecule has 3 atom stereocenters. The third-order valence-electron chi connectivity index (χ3n) is 2.09. The van der Waals surface area contributed by atoms with Crippen LogP contribution in [0.3, 0.4) is 0 Å². The highest BCUT2D eigenvalue weighted by Crippen LogP contribution is 2.38. The van der Waals surface area contributed by atoms with E-state index >= 15 is 0 Å². The number of carbonyl (C=O) groups is 1. The number of hydrogen-bond donors (Lipinski definition) is 8. The largest absolute Gasteiger partial charge is 0.479 e. The SMILES string of the molecule is O=C(O)[C@](O)(COP(=O)(O)O)[C@H](O)[C@H](O)COP(=O)(O)O. The summed E-state index contributed by atoms with van der Waals surface area (Å²) in [5.74, 6) is -2.21. The zero-order valence-corrected chi connectivity index (χ0v) is 11.9. The molecule has 0 radical (unpaired) electrons. The van der Waals surface area contributed by atoms with E-state index in [0.29, 0.717) is 0 Å². The molecule has 13 nitrogen and oxygen atoms in total. The van der Waals surface area contributed by atoms with E-state index in [0.717, 1.165) is 0 Å². The van der Waals surface area contributed by atoms with Gasteiger partial charge in [0.25, 0.3) is 0 Å². The molecule has 0 heterocycles. The van der Waals surface area contributed by atoms with Gasteiger partial charge in [0.05, 0.1) is 6.61 Å². The molecule has 21 heavy (non-hydrogen) atoms. The standard InChI is InChI=1S/C6H14O13P2/c7-3(1-18-20(12,13)14)4(8)6(11,5(9)10)2-19-21(15,16)17/h3-4,7-8,11H,1-2H2,(H,9,10)(H2,12,13,14)(H2,15,16,17)/t3-,4-,6+/m1/s1. The van der Waals surface area contributed by atoms with Crippen LogP contribution in [0.1, 0.15) is 0 Å². The van der Waals surface area contributed by atoms with Crippen LogP contribution in [0, 0.1) is 0 Å². The van der Waals surface area contributed by atoms with Gasteiger partial charge >= 0.3 is 21.6 Å². The normalized spacial score (nSPS) is 18.8. The van der Waals surface area contributed by atoms with Crippen molar-refractivity contribution in [1.29, 1.82) is 0 Å². The predicted octanol–water partition coefficient (Wildman–Crippen LogP) is -3.26. The zero-order chi connectivity index (χ0) is 17.1. The molecule has 15 heteroatoms. The summed E-state index contributed by atoms with van der Waals surface area (Å²) < 4.78 is 28.4. The zero-order valence-electron chi connectivity index (χ0n) is 10.1. The number of aliphatic hydroxyl groups excluding tert-OH is 2. The summed E-state index contributed by atoms with van der Waals surface area (Å²) in [6.45, 7) is -2.88. The predicted molar refractivity (Wildman–Crippen MR) is 60.6 cm³/mol. The van der Waals surface area contributed by atoms with Gasteiger partial charge in [-0.25, -0.2) is 13.9 Å². The maximum absolute atomic E-state index is 10.8. The van der Waals surface area contributed by atoms with Crippen LogP contribution in [-0.4, -0.2) is 77.0 Å². The van der Waals surface area contributed by atoms with Crippen LogP contribution in [0.2, 0.25) is 0 Å². The van der Waals surface area contributed by atoms with Crippen molar-refractivity contribution in [2.24, 2.45) is 0 Å². The van der Waals surface area contributed by atoms with Gasteiger partial charge in [0.1, 0.15) is 18.8 Å². The van der Waals surface area contributed by atoms with Crippen LogP contribution in [0.4, 0.5) is 0 Å². The van der Waals surface area contributed by atoms with E-state index < -0.39 is 52.6 Å². The Kier molecular flexibility index (Phi) is 7.07. The van der Waals surface area contributed by atoms with Gasteiger partial charge in [-0.05, 0) is 0 Å². The second-order valence-corrected chi connectivity index (χ2v) is 6.27. The minimum absolute atomic E-state index is 1.27. The second kappa shape index (κ2) is 7.22. The Morgan fingerprint density at radius 2 is 1.48 bits per heavy atom. The molecule has 0 spiro atoms. The van der Waals surface area contributed by atoms with E-state index in [1.165, 1.54) is 0 Å². The average molecular weight is 356 g/mol. The van der Waals surface area contributed by atoms with Crippen molar-refractivity contribution >= 4 is 21.6 Å². The Morgan fingerprint density at radius 1 is 1.05 bits per heavy atom. The molecule has 8 N–H and O–H groups in total. The fraction of sp³-hybridized carbons (Fsp3) is 0.833. The maximum atomic E-state index is 10.8. The smallest absolute Gasteiger partial charge is 0.469 e. The van der Waals surface area contributed by atoms with E-state index in [1.807, 2.05) is 0 Å².